The van der Waals surface area contributed by atoms with Gasteiger partial charge >= 0.3 is 12.0 Å². The first kappa shape index (κ1) is 20.4. The molecule has 0 aromatic carbocycles. The van der Waals surface area contributed by atoms with Crippen LogP contribution >= 0.6 is 0 Å². The Morgan fingerprint density at radius 2 is 2.00 bits per heavy atom. The first-order valence-electron chi connectivity index (χ1n) is 9.84. The average molecular weight is 366 g/mol. The number of urea groups is 1. The highest BCUT2D eigenvalue weighted by Crippen LogP contribution is 2.19. The Hall–Kier alpha value is -1.89. The third-order valence-corrected chi connectivity index (χ3v) is 5.09. The zero-order valence-electron chi connectivity index (χ0n) is 15.8. The molecule has 0 spiro atoms. The molecule has 2 rings (SSSR count). The number of rotatable bonds is 7. The molecule has 0 aromatic rings. The highest BCUT2D eigenvalue weighted by Gasteiger charge is 2.29. The van der Waals surface area contributed by atoms with Crippen molar-refractivity contribution >= 4 is 17.9 Å². The monoisotopic (exact) mass is 366 g/mol. The second kappa shape index (κ2) is 11.0. The van der Waals surface area contributed by atoms with Gasteiger partial charge in [-0.1, -0.05) is 11.6 Å². The van der Waals surface area contributed by atoms with Crippen LogP contribution in [0.25, 0.3) is 0 Å². The number of hydrogen-bond donors (Lipinski definition) is 3. The third-order valence-electron chi connectivity index (χ3n) is 5.09. The summed E-state index contributed by atoms with van der Waals surface area (Å²) in [5.41, 5.74) is 1.40. The summed E-state index contributed by atoms with van der Waals surface area (Å²) >= 11 is 0. The van der Waals surface area contributed by atoms with E-state index in [0.29, 0.717) is 13.2 Å². The van der Waals surface area contributed by atoms with Gasteiger partial charge in [0, 0.05) is 19.4 Å². The van der Waals surface area contributed by atoms with Crippen LogP contribution in [0.4, 0.5) is 4.79 Å². The molecule has 7 heteroatoms. The highest BCUT2D eigenvalue weighted by atomic mass is 16.5. The Morgan fingerprint density at radius 3 is 2.65 bits per heavy atom. The molecule has 0 radical (unpaired) electrons. The number of esters is 1. The second-order valence-corrected chi connectivity index (χ2v) is 7.12. The van der Waals surface area contributed by atoms with Crippen LogP contribution in [-0.2, 0) is 14.3 Å². The Balaban J connectivity index is 1.59. The second-order valence-electron chi connectivity index (χ2n) is 7.12. The van der Waals surface area contributed by atoms with Gasteiger partial charge in [-0.15, -0.1) is 0 Å². The maximum Gasteiger partial charge on any atom is 0.321 e. The first-order valence-corrected chi connectivity index (χ1v) is 9.84. The van der Waals surface area contributed by atoms with Crippen molar-refractivity contribution in [1.29, 1.82) is 0 Å². The molecule has 7 nitrogen and oxygen atoms in total. The Morgan fingerprint density at radius 1 is 1.23 bits per heavy atom. The Bertz CT molecular complexity index is 525. The van der Waals surface area contributed by atoms with Crippen molar-refractivity contribution in [3.05, 3.63) is 11.6 Å². The number of carbonyl (C=O) groups is 3. The zero-order chi connectivity index (χ0) is 18.8. The van der Waals surface area contributed by atoms with Gasteiger partial charge in [-0.05, 0) is 39.0 Å². The number of ether oxygens (including phenoxy) is 1. The number of carbonyl (C=O) groups excluding carboxylic acids is 3. The molecule has 0 aromatic heterocycles. The summed E-state index contributed by atoms with van der Waals surface area (Å²) in [4.78, 5) is 36.6. The first-order chi connectivity index (χ1) is 12.6. The number of imide groups is 1. The molecule has 0 unspecified atom stereocenters. The Kier molecular flexibility index (Phi) is 8.61. The number of allylic oxidation sites excluding steroid dienone is 1. The predicted molar refractivity (Wildman–Crippen MR) is 97.6 cm³/mol. The standard InChI is InChI=1S/C19H31N3O4/c1-2-26-18(24)16-9-12-22(13-10-16)14-17(23)21-19(25)20-11-8-15-6-4-3-5-7-15/h6,16H,2-5,7-14H2,1H3,(H2,20,21,23,25)/p+1. The molecule has 26 heavy (non-hydrogen) atoms. The van der Waals surface area contributed by atoms with Gasteiger partial charge in [0.15, 0.2) is 6.54 Å². The summed E-state index contributed by atoms with van der Waals surface area (Å²) in [5, 5.41) is 5.15. The van der Waals surface area contributed by atoms with E-state index in [4.69, 9.17) is 4.74 Å². The minimum Gasteiger partial charge on any atom is -0.466 e. The fraction of sp³-hybridized carbons (Fsp3) is 0.737. The van der Waals surface area contributed by atoms with Gasteiger partial charge in [0.2, 0.25) is 0 Å². The maximum absolute atomic E-state index is 12.0. The van der Waals surface area contributed by atoms with Crippen molar-refractivity contribution in [2.75, 3.05) is 32.8 Å². The summed E-state index contributed by atoms with van der Waals surface area (Å²) in [5.74, 6) is -0.466. The molecule has 1 saturated heterocycles. The fourth-order valence-electron chi connectivity index (χ4n) is 3.61. The van der Waals surface area contributed by atoms with E-state index in [1.807, 2.05) is 0 Å². The van der Waals surface area contributed by atoms with E-state index in [-0.39, 0.29) is 24.3 Å². The summed E-state index contributed by atoms with van der Waals surface area (Å²) in [6, 6.07) is -0.424. The minimum atomic E-state index is -0.424. The molecule has 1 fully saturated rings. The van der Waals surface area contributed by atoms with Gasteiger partial charge in [0.05, 0.1) is 25.6 Å². The van der Waals surface area contributed by atoms with E-state index in [0.717, 1.165) is 50.1 Å². The lowest BCUT2D eigenvalue weighted by molar-refractivity contribution is -0.897. The molecule has 0 atom stereocenters. The van der Waals surface area contributed by atoms with Gasteiger partial charge in [-0.2, -0.15) is 0 Å². The van der Waals surface area contributed by atoms with Crippen LogP contribution in [0.3, 0.4) is 0 Å². The van der Waals surface area contributed by atoms with Gasteiger partial charge in [-0.25, -0.2) is 4.79 Å². The van der Waals surface area contributed by atoms with Gasteiger partial charge < -0.3 is 15.0 Å². The molecule has 1 aliphatic heterocycles. The van der Waals surface area contributed by atoms with Crippen LogP contribution in [0.2, 0.25) is 0 Å². The molecule has 0 bridgehead atoms. The van der Waals surface area contributed by atoms with E-state index in [1.54, 1.807) is 6.92 Å². The molecule has 1 heterocycles. The summed E-state index contributed by atoms with van der Waals surface area (Å²) in [6.45, 7) is 4.51. The molecule has 3 amide bonds. The van der Waals surface area contributed by atoms with Crippen molar-refractivity contribution in [3.8, 4) is 0 Å². The average Bonchev–Trinajstić information content (AvgIpc) is 2.63. The molecule has 0 saturated carbocycles. The number of nitrogens with one attached hydrogen (secondary N) is 3. The van der Waals surface area contributed by atoms with E-state index in [1.165, 1.54) is 18.4 Å². The van der Waals surface area contributed by atoms with E-state index in [2.05, 4.69) is 16.7 Å². The van der Waals surface area contributed by atoms with Crippen LogP contribution in [0, 0.1) is 5.92 Å². The molecule has 1 aliphatic carbocycles. The number of piperidine rings is 1. The van der Waals surface area contributed by atoms with Crippen molar-refractivity contribution in [2.24, 2.45) is 5.92 Å². The quantitative estimate of drug-likeness (QED) is 0.454. The number of likely N-dealkylation sites (tertiary alicyclic amines) is 1. The molecule has 2 aliphatic rings. The lowest BCUT2D eigenvalue weighted by Crippen LogP contribution is -3.14. The van der Waals surface area contributed by atoms with E-state index in [9.17, 15) is 14.4 Å². The molecular weight excluding hydrogens is 334 g/mol. The summed E-state index contributed by atoms with van der Waals surface area (Å²) in [6.07, 6.45) is 9.30. The topological polar surface area (TPSA) is 88.9 Å². The van der Waals surface area contributed by atoms with Crippen molar-refractivity contribution in [1.82, 2.24) is 10.6 Å². The SMILES string of the molecule is CCOC(=O)C1CC[NH+](CC(=O)NC(=O)NCCC2=CCCCC2)CC1. The minimum absolute atomic E-state index is 0.0563. The van der Waals surface area contributed by atoms with E-state index >= 15 is 0 Å². The van der Waals surface area contributed by atoms with Crippen LogP contribution in [0.1, 0.15) is 51.9 Å². The zero-order valence-corrected chi connectivity index (χ0v) is 15.8. The van der Waals surface area contributed by atoms with Crippen LogP contribution in [0.15, 0.2) is 11.6 Å². The molecular formula is C19H32N3O4+. The number of hydrogen-bond acceptors (Lipinski definition) is 4. The normalized spacial score (nSPS) is 22.9. The lowest BCUT2D eigenvalue weighted by Gasteiger charge is -2.27. The largest absolute Gasteiger partial charge is 0.466 e. The summed E-state index contributed by atoms with van der Waals surface area (Å²) < 4.78 is 5.05. The van der Waals surface area contributed by atoms with Gasteiger partial charge in [0.1, 0.15) is 0 Å². The number of quaternary nitrogens is 1. The fourth-order valence-corrected chi connectivity index (χ4v) is 3.61. The third kappa shape index (κ3) is 7.15. The van der Waals surface area contributed by atoms with Crippen molar-refractivity contribution in [3.63, 3.8) is 0 Å². The molecule has 146 valence electrons. The number of amides is 3. The van der Waals surface area contributed by atoms with Crippen molar-refractivity contribution in [2.45, 2.75) is 51.9 Å². The maximum atomic E-state index is 12.0. The van der Waals surface area contributed by atoms with E-state index < -0.39 is 6.03 Å². The van der Waals surface area contributed by atoms with Crippen LogP contribution in [0.5, 0.6) is 0 Å². The van der Waals surface area contributed by atoms with Crippen molar-refractivity contribution < 1.29 is 24.0 Å². The Labute approximate surface area is 155 Å². The van der Waals surface area contributed by atoms with Crippen LogP contribution < -0.4 is 15.5 Å². The van der Waals surface area contributed by atoms with Gasteiger partial charge in [-0.3, -0.25) is 14.9 Å². The van der Waals surface area contributed by atoms with Gasteiger partial charge in [0.25, 0.3) is 5.91 Å². The lowest BCUT2D eigenvalue weighted by atomic mass is 9.97. The smallest absolute Gasteiger partial charge is 0.321 e. The summed E-state index contributed by atoms with van der Waals surface area (Å²) in [7, 11) is 0. The highest BCUT2D eigenvalue weighted by molar-refractivity contribution is 5.94. The molecule has 3 N–H and O–H groups in total. The predicted octanol–water partition coefficient (Wildman–Crippen LogP) is 0.561. The van der Waals surface area contributed by atoms with Crippen LogP contribution in [-0.4, -0.2) is 50.7 Å².